The van der Waals surface area contributed by atoms with E-state index in [1.54, 1.807) is 6.26 Å². The Labute approximate surface area is 118 Å². The second-order valence-electron chi connectivity index (χ2n) is 6.80. The van der Waals surface area contributed by atoms with Crippen molar-refractivity contribution in [1.82, 2.24) is 5.32 Å². The molecular weight excluding hydrogens is 234 g/mol. The van der Waals surface area contributed by atoms with Gasteiger partial charge in [0.05, 0.1) is 12.8 Å². The first kappa shape index (κ1) is 14.6. The van der Waals surface area contributed by atoms with E-state index < -0.39 is 0 Å². The predicted molar refractivity (Wildman–Crippen MR) is 80.1 cm³/mol. The molecule has 2 rings (SSSR count). The third-order valence-corrected chi connectivity index (χ3v) is 5.26. The zero-order valence-corrected chi connectivity index (χ0v) is 13.0. The molecular formula is C17H29NO. The van der Waals surface area contributed by atoms with Gasteiger partial charge >= 0.3 is 0 Å². The molecule has 1 aromatic rings. The topological polar surface area (TPSA) is 25.2 Å². The molecule has 0 atom stereocenters. The first-order valence-corrected chi connectivity index (χ1v) is 7.79. The van der Waals surface area contributed by atoms with Crippen LogP contribution in [0.3, 0.4) is 0 Å². The van der Waals surface area contributed by atoms with E-state index in [9.17, 15) is 0 Å². The van der Waals surface area contributed by atoms with Gasteiger partial charge in [-0.05, 0) is 55.6 Å². The van der Waals surface area contributed by atoms with Crippen molar-refractivity contribution < 1.29 is 4.42 Å². The standard InChI is InChI=1S/C17H29NO/c1-5-17(3,4)14-6-8-15(9-7-14)18-12-16-13(2)10-11-19-16/h10-11,14-15,18H,5-9,12H2,1-4H3. The minimum Gasteiger partial charge on any atom is -0.468 e. The van der Waals surface area contributed by atoms with Gasteiger partial charge in [0.1, 0.15) is 5.76 Å². The Kier molecular flexibility index (Phi) is 4.72. The molecule has 0 spiro atoms. The van der Waals surface area contributed by atoms with Crippen LogP contribution >= 0.6 is 0 Å². The molecule has 1 aliphatic carbocycles. The number of hydrogen-bond acceptors (Lipinski definition) is 2. The fraction of sp³-hybridized carbons (Fsp3) is 0.765. The summed E-state index contributed by atoms with van der Waals surface area (Å²) in [6.07, 6.45) is 8.45. The molecule has 1 saturated carbocycles. The first-order chi connectivity index (χ1) is 9.03. The summed E-state index contributed by atoms with van der Waals surface area (Å²) in [5, 5.41) is 3.66. The minimum absolute atomic E-state index is 0.516. The van der Waals surface area contributed by atoms with Crippen LogP contribution in [0.1, 0.15) is 64.2 Å². The Morgan fingerprint density at radius 3 is 2.47 bits per heavy atom. The Morgan fingerprint density at radius 2 is 1.95 bits per heavy atom. The second kappa shape index (κ2) is 6.13. The van der Waals surface area contributed by atoms with Gasteiger partial charge in [-0.15, -0.1) is 0 Å². The molecule has 19 heavy (non-hydrogen) atoms. The molecule has 1 N–H and O–H groups in total. The van der Waals surface area contributed by atoms with E-state index in [1.807, 2.05) is 6.07 Å². The highest BCUT2D eigenvalue weighted by Crippen LogP contribution is 2.40. The predicted octanol–water partition coefficient (Wildman–Crippen LogP) is 4.67. The normalized spacial score (nSPS) is 24.6. The van der Waals surface area contributed by atoms with Gasteiger partial charge in [-0.2, -0.15) is 0 Å². The van der Waals surface area contributed by atoms with Crippen LogP contribution in [0.2, 0.25) is 0 Å². The van der Waals surface area contributed by atoms with Crippen LogP contribution in [0.5, 0.6) is 0 Å². The maximum absolute atomic E-state index is 5.49. The lowest BCUT2D eigenvalue weighted by Crippen LogP contribution is -2.36. The van der Waals surface area contributed by atoms with Gasteiger partial charge < -0.3 is 9.73 Å². The van der Waals surface area contributed by atoms with Gasteiger partial charge in [0.25, 0.3) is 0 Å². The van der Waals surface area contributed by atoms with Crippen molar-refractivity contribution in [3.63, 3.8) is 0 Å². The van der Waals surface area contributed by atoms with E-state index in [2.05, 4.69) is 33.0 Å². The smallest absolute Gasteiger partial charge is 0.120 e. The lowest BCUT2D eigenvalue weighted by molar-refractivity contribution is 0.136. The van der Waals surface area contributed by atoms with Crippen LogP contribution in [0.15, 0.2) is 16.7 Å². The number of furan rings is 1. The van der Waals surface area contributed by atoms with Crippen molar-refractivity contribution in [2.75, 3.05) is 0 Å². The number of nitrogens with one attached hydrogen (secondary N) is 1. The van der Waals surface area contributed by atoms with Crippen LogP contribution in [0, 0.1) is 18.3 Å². The molecule has 0 radical (unpaired) electrons. The van der Waals surface area contributed by atoms with Crippen LogP contribution < -0.4 is 5.32 Å². The zero-order chi connectivity index (χ0) is 13.9. The van der Waals surface area contributed by atoms with Gasteiger partial charge in [-0.25, -0.2) is 0 Å². The fourth-order valence-corrected chi connectivity index (χ4v) is 3.19. The third-order valence-electron chi connectivity index (χ3n) is 5.26. The van der Waals surface area contributed by atoms with E-state index in [0.717, 1.165) is 18.2 Å². The molecule has 1 aromatic heterocycles. The molecule has 1 heterocycles. The summed E-state index contributed by atoms with van der Waals surface area (Å²) in [5.41, 5.74) is 1.77. The summed E-state index contributed by atoms with van der Waals surface area (Å²) < 4.78 is 5.49. The van der Waals surface area contributed by atoms with Crippen molar-refractivity contribution >= 4 is 0 Å². The number of aryl methyl sites for hydroxylation is 1. The van der Waals surface area contributed by atoms with Crippen molar-refractivity contribution in [2.45, 2.75) is 72.4 Å². The summed E-state index contributed by atoms with van der Waals surface area (Å²) in [5.74, 6) is 2.00. The van der Waals surface area contributed by atoms with Gasteiger partial charge in [-0.3, -0.25) is 0 Å². The minimum atomic E-state index is 0.516. The van der Waals surface area contributed by atoms with Crippen LogP contribution in [-0.2, 0) is 6.54 Å². The van der Waals surface area contributed by atoms with E-state index >= 15 is 0 Å². The Morgan fingerprint density at radius 1 is 1.26 bits per heavy atom. The summed E-state index contributed by atoms with van der Waals surface area (Å²) in [6.45, 7) is 10.2. The monoisotopic (exact) mass is 263 g/mol. The fourth-order valence-electron chi connectivity index (χ4n) is 3.19. The van der Waals surface area contributed by atoms with E-state index in [0.29, 0.717) is 11.5 Å². The summed E-state index contributed by atoms with van der Waals surface area (Å²) >= 11 is 0. The zero-order valence-electron chi connectivity index (χ0n) is 13.0. The molecule has 1 aliphatic rings. The van der Waals surface area contributed by atoms with Gasteiger partial charge in [0.2, 0.25) is 0 Å². The number of rotatable bonds is 5. The second-order valence-corrected chi connectivity index (χ2v) is 6.80. The summed E-state index contributed by atoms with van der Waals surface area (Å²) in [4.78, 5) is 0. The molecule has 108 valence electrons. The molecule has 0 unspecified atom stereocenters. The molecule has 2 heteroatoms. The summed E-state index contributed by atoms with van der Waals surface area (Å²) in [7, 11) is 0. The van der Waals surface area contributed by atoms with Gasteiger partial charge in [0, 0.05) is 6.04 Å². The van der Waals surface area contributed by atoms with Crippen LogP contribution in [0.4, 0.5) is 0 Å². The largest absolute Gasteiger partial charge is 0.468 e. The van der Waals surface area contributed by atoms with Crippen molar-refractivity contribution in [3.05, 3.63) is 23.7 Å². The first-order valence-electron chi connectivity index (χ1n) is 7.79. The lowest BCUT2D eigenvalue weighted by Gasteiger charge is -2.39. The molecule has 0 saturated heterocycles. The molecule has 1 fully saturated rings. The van der Waals surface area contributed by atoms with Crippen molar-refractivity contribution in [1.29, 1.82) is 0 Å². The summed E-state index contributed by atoms with van der Waals surface area (Å²) in [6, 6.07) is 2.71. The number of hydrogen-bond donors (Lipinski definition) is 1. The van der Waals surface area contributed by atoms with Gasteiger partial charge in [0.15, 0.2) is 0 Å². The van der Waals surface area contributed by atoms with Gasteiger partial charge in [-0.1, -0.05) is 27.2 Å². The molecule has 0 bridgehead atoms. The van der Waals surface area contributed by atoms with Crippen LogP contribution in [0.25, 0.3) is 0 Å². The lowest BCUT2D eigenvalue weighted by atomic mass is 9.69. The average molecular weight is 263 g/mol. The molecule has 0 aromatic carbocycles. The highest BCUT2D eigenvalue weighted by atomic mass is 16.3. The highest BCUT2D eigenvalue weighted by Gasteiger charge is 2.31. The maximum atomic E-state index is 5.49. The highest BCUT2D eigenvalue weighted by molar-refractivity contribution is 5.14. The third kappa shape index (κ3) is 3.62. The van der Waals surface area contributed by atoms with Crippen LogP contribution in [-0.4, -0.2) is 6.04 Å². The van der Waals surface area contributed by atoms with E-state index in [-0.39, 0.29) is 0 Å². The Balaban J connectivity index is 1.76. The quantitative estimate of drug-likeness (QED) is 0.835. The molecule has 2 nitrogen and oxygen atoms in total. The van der Waals surface area contributed by atoms with E-state index in [1.165, 1.54) is 37.7 Å². The SMILES string of the molecule is CCC(C)(C)C1CCC(NCc2occc2C)CC1. The van der Waals surface area contributed by atoms with E-state index in [4.69, 9.17) is 4.42 Å². The van der Waals surface area contributed by atoms with Crippen molar-refractivity contribution in [2.24, 2.45) is 11.3 Å². The molecule has 0 amide bonds. The van der Waals surface area contributed by atoms with Crippen molar-refractivity contribution in [3.8, 4) is 0 Å². The Bertz CT molecular complexity index is 386. The average Bonchev–Trinajstić information content (AvgIpc) is 2.82. The maximum Gasteiger partial charge on any atom is 0.120 e. The molecule has 0 aliphatic heterocycles. The Hall–Kier alpha value is -0.760.